The van der Waals surface area contributed by atoms with E-state index in [1.54, 1.807) is 12.1 Å². The minimum absolute atomic E-state index is 0.0795. The first-order valence-corrected chi connectivity index (χ1v) is 6.10. The van der Waals surface area contributed by atoms with E-state index in [9.17, 15) is 18.4 Å². The van der Waals surface area contributed by atoms with Crippen molar-refractivity contribution in [3.8, 4) is 0 Å². The molecule has 0 saturated carbocycles. The molecule has 0 bridgehead atoms. The maximum Gasteiger partial charge on any atom is 0.261 e. The predicted octanol–water partition coefficient (Wildman–Crippen LogP) is 2.24. The van der Waals surface area contributed by atoms with Gasteiger partial charge < -0.3 is 11.1 Å². The van der Waals surface area contributed by atoms with Gasteiger partial charge in [-0.1, -0.05) is 18.2 Å². The quantitative estimate of drug-likeness (QED) is 0.906. The molecule has 0 atom stereocenters. The van der Waals surface area contributed by atoms with Crippen molar-refractivity contribution in [2.24, 2.45) is 5.73 Å². The lowest BCUT2D eigenvalue weighted by molar-refractivity contribution is -0.117. The van der Waals surface area contributed by atoms with E-state index in [0.717, 1.165) is 12.1 Å². The summed E-state index contributed by atoms with van der Waals surface area (Å²) in [6, 6.07) is 9.43. The van der Waals surface area contributed by atoms with Gasteiger partial charge in [0, 0.05) is 5.69 Å². The van der Waals surface area contributed by atoms with Crippen LogP contribution in [0, 0.1) is 11.6 Å². The second kappa shape index (κ2) is 6.13. The van der Waals surface area contributed by atoms with Crippen LogP contribution in [-0.2, 0) is 11.2 Å². The molecule has 4 nitrogen and oxygen atoms in total. The lowest BCUT2D eigenvalue weighted by atomic mass is 10.1. The zero-order valence-electron chi connectivity index (χ0n) is 10.9. The fourth-order valence-corrected chi connectivity index (χ4v) is 1.82. The summed E-state index contributed by atoms with van der Waals surface area (Å²) in [6.07, 6.45) is 0.0795. The molecule has 2 aromatic carbocycles. The second-order valence-corrected chi connectivity index (χ2v) is 4.39. The smallest absolute Gasteiger partial charge is 0.261 e. The summed E-state index contributed by atoms with van der Waals surface area (Å²) in [4.78, 5) is 22.6. The van der Waals surface area contributed by atoms with Crippen LogP contribution in [0.2, 0.25) is 0 Å². The van der Waals surface area contributed by atoms with Crippen molar-refractivity contribution in [2.45, 2.75) is 6.42 Å². The van der Waals surface area contributed by atoms with E-state index in [2.05, 4.69) is 5.32 Å². The molecule has 0 aliphatic carbocycles. The summed E-state index contributed by atoms with van der Waals surface area (Å²) >= 11 is 0. The van der Waals surface area contributed by atoms with E-state index in [1.165, 1.54) is 18.2 Å². The molecule has 0 unspecified atom stereocenters. The Labute approximate surface area is 119 Å². The number of nitrogens with two attached hydrogens (primary N) is 1. The van der Waals surface area contributed by atoms with Crippen molar-refractivity contribution in [3.05, 3.63) is 65.2 Å². The first-order chi connectivity index (χ1) is 9.97. The SMILES string of the molecule is NC(=O)Cc1ccc(NC(=O)c2c(F)cccc2F)cc1. The molecule has 0 spiro atoms. The van der Waals surface area contributed by atoms with E-state index in [4.69, 9.17) is 5.73 Å². The van der Waals surface area contributed by atoms with Crippen LogP contribution < -0.4 is 11.1 Å². The maximum absolute atomic E-state index is 13.5. The molecular weight excluding hydrogens is 278 g/mol. The van der Waals surface area contributed by atoms with Crippen LogP contribution in [0.5, 0.6) is 0 Å². The Hall–Kier alpha value is -2.76. The fraction of sp³-hybridized carbons (Fsp3) is 0.0667. The summed E-state index contributed by atoms with van der Waals surface area (Å²) in [6.45, 7) is 0. The molecule has 21 heavy (non-hydrogen) atoms. The predicted molar refractivity (Wildman–Crippen MR) is 73.7 cm³/mol. The number of carbonyl (C=O) groups is 2. The summed E-state index contributed by atoms with van der Waals surface area (Å²) in [5, 5.41) is 2.39. The number of nitrogens with one attached hydrogen (secondary N) is 1. The number of halogens is 2. The number of carbonyl (C=O) groups excluding carboxylic acids is 2. The van der Waals surface area contributed by atoms with Gasteiger partial charge in [-0.3, -0.25) is 9.59 Å². The zero-order valence-corrected chi connectivity index (χ0v) is 10.9. The molecule has 6 heteroatoms. The van der Waals surface area contributed by atoms with Gasteiger partial charge in [-0.15, -0.1) is 0 Å². The Balaban J connectivity index is 2.14. The molecule has 0 aliphatic rings. The van der Waals surface area contributed by atoms with E-state index < -0.39 is 29.0 Å². The number of rotatable bonds is 4. The number of benzene rings is 2. The Morgan fingerprint density at radius 1 is 1.00 bits per heavy atom. The zero-order chi connectivity index (χ0) is 15.4. The lowest BCUT2D eigenvalue weighted by Gasteiger charge is -2.07. The molecule has 3 N–H and O–H groups in total. The minimum atomic E-state index is -0.933. The number of hydrogen-bond acceptors (Lipinski definition) is 2. The van der Waals surface area contributed by atoms with Crippen molar-refractivity contribution >= 4 is 17.5 Å². The normalized spacial score (nSPS) is 10.2. The largest absolute Gasteiger partial charge is 0.369 e. The van der Waals surface area contributed by atoms with E-state index in [0.29, 0.717) is 11.3 Å². The Morgan fingerprint density at radius 3 is 2.10 bits per heavy atom. The Bertz CT molecular complexity index is 664. The number of primary amides is 1. The third-order valence-electron chi connectivity index (χ3n) is 2.78. The van der Waals surface area contributed by atoms with Crippen molar-refractivity contribution in [2.75, 3.05) is 5.32 Å². The van der Waals surface area contributed by atoms with Gasteiger partial charge in [0.2, 0.25) is 5.91 Å². The third kappa shape index (κ3) is 3.62. The van der Waals surface area contributed by atoms with Gasteiger partial charge in [0.15, 0.2) is 0 Å². The van der Waals surface area contributed by atoms with Gasteiger partial charge in [0.25, 0.3) is 5.91 Å². The second-order valence-electron chi connectivity index (χ2n) is 4.39. The van der Waals surface area contributed by atoms with Crippen molar-refractivity contribution in [1.29, 1.82) is 0 Å². The van der Waals surface area contributed by atoms with Crippen molar-refractivity contribution < 1.29 is 18.4 Å². The van der Waals surface area contributed by atoms with Crippen molar-refractivity contribution in [1.82, 2.24) is 0 Å². The summed E-state index contributed by atoms with van der Waals surface area (Å²) < 4.78 is 26.9. The third-order valence-corrected chi connectivity index (χ3v) is 2.78. The average molecular weight is 290 g/mol. The van der Waals surface area contributed by atoms with Gasteiger partial charge >= 0.3 is 0 Å². The van der Waals surface area contributed by atoms with Crippen LogP contribution >= 0.6 is 0 Å². The Morgan fingerprint density at radius 2 is 1.57 bits per heavy atom. The van der Waals surface area contributed by atoms with Gasteiger partial charge in [0.05, 0.1) is 6.42 Å². The van der Waals surface area contributed by atoms with Crippen LogP contribution in [0.15, 0.2) is 42.5 Å². The van der Waals surface area contributed by atoms with Gasteiger partial charge in [-0.05, 0) is 29.8 Å². The van der Waals surface area contributed by atoms with Crippen LogP contribution in [0.4, 0.5) is 14.5 Å². The van der Waals surface area contributed by atoms with E-state index >= 15 is 0 Å². The standard InChI is InChI=1S/C15H12F2N2O2/c16-11-2-1-3-12(17)14(11)15(21)19-10-6-4-9(5-7-10)8-13(18)20/h1-7H,8H2,(H2,18,20)(H,19,21). The fourth-order valence-electron chi connectivity index (χ4n) is 1.82. The minimum Gasteiger partial charge on any atom is -0.369 e. The molecule has 0 saturated heterocycles. The van der Waals surface area contributed by atoms with Crippen LogP contribution in [0.3, 0.4) is 0 Å². The highest BCUT2D eigenvalue weighted by Gasteiger charge is 2.16. The molecule has 2 aromatic rings. The highest BCUT2D eigenvalue weighted by atomic mass is 19.1. The highest BCUT2D eigenvalue weighted by Crippen LogP contribution is 2.16. The van der Waals surface area contributed by atoms with Crippen LogP contribution in [0.1, 0.15) is 15.9 Å². The average Bonchev–Trinajstić information content (AvgIpc) is 2.40. The highest BCUT2D eigenvalue weighted by molar-refractivity contribution is 6.04. The van der Waals surface area contributed by atoms with Gasteiger partial charge in [-0.25, -0.2) is 8.78 Å². The molecular formula is C15H12F2N2O2. The lowest BCUT2D eigenvalue weighted by Crippen LogP contribution is -2.16. The van der Waals surface area contributed by atoms with Gasteiger partial charge in [-0.2, -0.15) is 0 Å². The Kier molecular flexibility index (Phi) is 4.27. The molecule has 0 fully saturated rings. The number of anilines is 1. The molecule has 2 amide bonds. The first kappa shape index (κ1) is 14.6. The van der Waals surface area contributed by atoms with Crippen LogP contribution in [0.25, 0.3) is 0 Å². The number of amides is 2. The van der Waals surface area contributed by atoms with Crippen LogP contribution in [-0.4, -0.2) is 11.8 Å². The number of hydrogen-bond donors (Lipinski definition) is 2. The molecule has 0 radical (unpaired) electrons. The van der Waals surface area contributed by atoms with Gasteiger partial charge in [0.1, 0.15) is 17.2 Å². The van der Waals surface area contributed by atoms with Crippen molar-refractivity contribution in [3.63, 3.8) is 0 Å². The summed E-state index contributed by atoms with van der Waals surface area (Å²) in [5.74, 6) is -3.22. The first-order valence-electron chi connectivity index (χ1n) is 6.10. The molecule has 108 valence electrons. The molecule has 2 rings (SSSR count). The molecule has 0 aromatic heterocycles. The molecule has 0 aliphatic heterocycles. The summed E-state index contributed by atoms with van der Waals surface area (Å²) in [5.41, 5.74) is 5.46. The van der Waals surface area contributed by atoms with E-state index in [-0.39, 0.29) is 6.42 Å². The summed E-state index contributed by atoms with van der Waals surface area (Å²) in [7, 11) is 0. The monoisotopic (exact) mass is 290 g/mol. The molecule has 0 heterocycles. The van der Waals surface area contributed by atoms with E-state index in [1.807, 2.05) is 0 Å². The maximum atomic E-state index is 13.5. The topological polar surface area (TPSA) is 72.2 Å².